The van der Waals surface area contributed by atoms with Gasteiger partial charge in [0.2, 0.25) is 0 Å². The van der Waals surface area contributed by atoms with Crippen molar-refractivity contribution in [3.05, 3.63) is 47.5 Å². The maximum absolute atomic E-state index is 11.7. The van der Waals surface area contributed by atoms with Crippen LogP contribution in [0, 0.1) is 0 Å². The van der Waals surface area contributed by atoms with Crippen LogP contribution in [0.15, 0.2) is 46.4 Å². The number of halogens is 6. The van der Waals surface area contributed by atoms with Crippen LogP contribution in [0.2, 0.25) is 0 Å². The quantitative estimate of drug-likeness (QED) is 0.111. The van der Waals surface area contributed by atoms with Gasteiger partial charge in [-0.15, -0.1) is 0 Å². The molecular formula is C24H34F6FeN4O4P+2. The van der Waals surface area contributed by atoms with Gasteiger partial charge < -0.3 is 30.3 Å². The fourth-order valence-corrected chi connectivity index (χ4v) is 2.56. The number of benzene rings is 2. The van der Waals surface area contributed by atoms with Crippen molar-refractivity contribution in [2.75, 3.05) is 53.5 Å². The topological polar surface area (TPSA) is 113 Å². The van der Waals surface area contributed by atoms with E-state index >= 15 is 0 Å². The van der Waals surface area contributed by atoms with Crippen LogP contribution in [0.4, 0.5) is 25.2 Å². The van der Waals surface area contributed by atoms with Crippen LogP contribution < -0.4 is 30.3 Å². The average Bonchev–Trinajstić information content (AvgIpc) is 2.84. The number of methoxy groups -OCH3 is 2. The number of para-hydroxylation sites is 2. The molecule has 2 aromatic rings. The molecule has 0 aliphatic heterocycles. The number of aliphatic imine (C=N–C) groups is 2. The van der Waals surface area contributed by atoms with E-state index in [1.165, 1.54) is 14.2 Å². The molecule has 0 unspecified atom stereocenters. The molecule has 2 rings (SSSR count). The van der Waals surface area contributed by atoms with Crippen molar-refractivity contribution in [1.82, 2.24) is 10.6 Å². The van der Waals surface area contributed by atoms with E-state index in [1.54, 1.807) is 48.8 Å². The molecule has 0 fully saturated rings. The molecule has 227 valence electrons. The second-order valence-electron chi connectivity index (χ2n) is 7.49. The van der Waals surface area contributed by atoms with Crippen molar-refractivity contribution >= 4 is 20.2 Å². The predicted octanol–water partition coefficient (Wildman–Crippen LogP) is 4.97. The molecule has 0 amide bonds. The molecule has 0 spiro atoms. The van der Waals surface area contributed by atoms with Gasteiger partial charge in [-0.05, 0) is 36.3 Å². The first-order valence-electron chi connectivity index (χ1n) is 11.7. The van der Waals surface area contributed by atoms with E-state index in [1.807, 2.05) is 13.8 Å². The van der Waals surface area contributed by atoms with Gasteiger partial charge in [0.1, 0.15) is 11.5 Å². The maximum Gasteiger partial charge on any atom is 5.00 e. The molecule has 8 nitrogen and oxygen atoms in total. The minimum Gasteiger partial charge on any atom is 5.00 e. The monoisotopic (exact) mass is 643 g/mol. The molecule has 0 heterocycles. The summed E-state index contributed by atoms with van der Waals surface area (Å²) in [6, 6.07) is 10.3. The van der Waals surface area contributed by atoms with Crippen LogP contribution in [-0.2, 0) is 17.1 Å². The molecule has 1 radical (unpaired) electrons. The van der Waals surface area contributed by atoms with Crippen LogP contribution in [0.1, 0.15) is 25.0 Å². The number of rotatable bonds is 12. The van der Waals surface area contributed by atoms with Gasteiger partial charge in [0.05, 0.1) is 27.3 Å². The maximum atomic E-state index is 11.7. The summed E-state index contributed by atoms with van der Waals surface area (Å²) in [5.74, 6) is 0.487. The largest absolute Gasteiger partial charge is 5.00 e. The number of ether oxygens (including phenoxy) is 2. The van der Waals surface area contributed by atoms with Crippen LogP contribution >= 0.6 is 7.81 Å². The van der Waals surface area contributed by atoms with E-state index in [0.717, 1.165) is 26.2 Å². The molecule has 2 N–H and O–H groups in total. The van der Waals surface area contributed by atoms with Crippen molar-refractivity contribution in [3.63, 3.8) is 0 Å². The summed E-state index contributed by atoms with van der Waals surface area (Å²) in [5.41, 5.74) is 1.13. The molecule has 0 aromatic heterocycles. The van der Waals surface area contributed by atoms with Gasteiger partial charge in [0, 0.05) is 25.5 Å². The summed E-state index contributed by atoms with van der Waals surface area (Å²) in [5, 5.41) is 29.7. The minimum atomic E-state index is -10.7. The molecule has 16 heteroatoms. The fraction of sp³-hybridized carbons (Fsp3) is 0.417. The smallest absolute Gasteiger partial charge is 5.00 e. The third-order valence-corrected chi connectivity index (χ3v) is 4.25. The summed E-state index contributed by atoms with van der Waals surface area (Å²) in [6.45, 7) is 8.94. The van der Waals surface area contributed by atoms with E-state index in [0.29, 0.717) is 35.7 Å². The summed E-state index contributed by atoms with van der Waals surface area (Å²) in [4.78, 5) is 8.34. The van der Waals surface area contributed by atoms with Crippen LogP contribution in [0.25, 0.3) is 0 Å². The number of hydrogen-bond donors (Lipinski definition) is 2. The van der Waals surface area contributed by atoms with Crippen molar-refractivity contribution in [2.45, 2.75) is 13.8 Å². The van der Waals surface area contributed by atoms with Crippen LogP contribution in [-0.4, -0.2) is 65.9 Å². The Morgan fingerprint density at radius 2 is 1.05 bits per heavy atom. The van der Waals surface area contributed by atoms with Gasteiger partial charge in [-0.2, -0.15) is 0 Å². The van der Waals surface area contributed by atoms with Gasteiger partial charge in [0.15, 0.2) is 0 Å². The molecule has 0 bridgehead atoms. The zero-order valence-corrected chi connectivity index (χ0v) is 24.5. The summed E-state index contributed by atoms with van der Waals surface area (Å²) < 4.78 is 69.1. The average molecular weight is 643 g/mol. The Bertz CT molecular complexity index is 981. The summed E-state index contributed by atoms with van der Waals surface area (Å²) in [6.07, 6.45) is 3.20. The first kappa shape index (κ1) is 39.6. The zero-order valence-electron chi connectivity index (χ0n) is 22.5. The van der Waals surface area contributed by atoms with Crippen LogP contribution in [0.3, 0.4) is 0 Å². The third-order valence-electron chi connectivity index (χ3n) is 4.25. The standard InChI is InChI=1S/2C12H18N2O2.F6P.Fe/c2*1-3-13-7-8-14-9-10-5-4-6-11(16-2)12(10)15;1-7(2,3,4,5)6;/h2*4-6,9,13,15H,3,7-8H2,1-2H3;;/q;;-1;+5/p-2. The number of hydrogen-bond acceptors (Lipinski definition) is 8. The normalized spacial score (nSPS) is 12.8. The van der Waals surface area contributed by atoms with Gasteiger partial charge in [-0.3, -0.25) is 9.98 Å². The second-order valence-corrected chi connectivity index (χ2v) is 9.41. The van der Waals surface area contributed by atoms with Crippen molar-refractivity contribution in [1.29, 1.82) is 0 Å². The third kappa shape index (κ3) is 22.3. The Kier molecular flexibility index (Phi) is 17.8. The van der Waals surface area contributed by atoms with Crippen molar-refractivity contribution in [3.8, 4) is 23.0 Å². The van der Waals surface area contributed by atoms with Gasteiger partial charge >= 0.3 is 50.1 Å². The molecule has 0 atom stereocenters. The second kappa shape index (κ2) is 18.0. The van der Waals surface area contributed by atoms with E-state index in [-0.39, 0.29) is 28.6 Å². The summed E-state index contributed by atoms with van der Waals surface area (Å²) >= 11 is 0. The Morgan fingerprint density at radius 1 is 0.725 bits per heavy atom. The molecule has 0 aliphatic carbocycles. The van der Waals surface area contributed by atoms with Crippen LogP contribution in [0.5, 0.6) is 23.0 Å². The van der Waals surface area contributed by atoms with E-state index in [2.05, 4.69) is 20.6 Å². The van der Waals surface area contributed by atoms with Gasteiger partial charge in [0.25, 0.3) is 0 Å². The van der Waals surface area contributed by atoms with Crippen molar-refractivity contribution < 1.29 is 61.9 Å². The fourth-order valence-electron chi connectivity index (χ4n) is 2.56. The molecule has 0 saturated carbocycles. The Hall–Kier alpha value is -2.57. The molecule has 2 aromatic carbocycles. The van der Waals surface area contributed by atoms with Gasteiger partial charge in [-0.25, -0.2) is 0 Å². The first-order chi connectivity index (χ1) is 18.0. The molecule has 40 heavy (non-hydrogen) atoms. The van der Waals surface area contributed by atoms with Gasteiger partial charge in [-0.1, -0.05) is 49.6 Å². The molecular weight excluding hydrogens is 609 g/mol. The van der Waals surface area contributed by atoms with E-state index in [4.69, 9.17) is 9.47 Å². The molecule has 0 aliphatic rings. The van der Waals surface area contributed by atoms with E-state index < -0.39 is 7.81 Å². The minimum absolute atomic E-state index is 0. The number of nitrogens with zero attached hydrogens (tertiary/aromatic N) is 2. The van der Waals surface area contributed by atoms with E-state index in [9.17, 15) is 35.4 Å². The van der Waals surface area contributed by atoms with Crippen molar-refractivity contribution in [2.24, 2.45) is 9.98 Å². The number of likely N-dealkylation sites (N-methyl/N-ethyl adjacent to an activating group) is 2. The Morgan fingerprint density at radius 3 is 1.32 bits per heavy atom. The predicted molar refractivity (Wildman–Crippen MR) is 140 cm³/mol. The summed E-state index contributed by atoms with van der Waals surface area (Å²) in [7, 11) is -7.68. The zero-order chi connectivity index (χ0) is 30.0. The number of nitrogens with one attached hydrogen (secondary N) is 2. The molecule has 0 saturated heterocycles. The Labute approximate surface area is 240 Å². The Balaban J connectivity index is 0. The first-order valence-corrected chi connectivity index (χ1v) is 13.7. The SMILES string of the molecule is CCNCCN=Cc1cccc(OC)c1[O-].CCNCCN=Cc1cccc(OC)c1[O-].F[P-](F)(F)(F)(F)F.[Fe+5].